The van der Waals surface area contributed by atoms with Crippen LogP contribution in [0.3, 0.4) is 0 Å². The van der Waals surface area contributed by atoms with E-state index in [-0.39, 0.29) is 36.1 Å². The lowest BCUT2D eigenvalue weighted by atomic mass is 9.83. The number of hydrogen-bond acceptors (Lipinski definition) is 4. The summed E-state index contributed by atoms with van der Waals surface area (Å²) in [5, 5.41) is 0. The van der Waals surface area contributed by atoms with E-state index in [1.54, 1.807) is 17.9 Å². The van der Waals surface area contributed by atoms with Crippen molar-refractivity contribution in [2.24, 2.45) is 5.92 Å². The number of halogens is 7. The van der Waals surface area contributed by atoms with Crippen molar-refractivity contribution in [1.29, 1.82) is 0 Å². The number of amides is 2. The zero-order chi connectivity index (χ0) is 33.3. The normalized spacial score (nSPS) is 22.2. The highest BCUT2D eigenvalue weighted by Gasteiger charge is 2.40. The lowest BCUT2D eigenvalue weighted by molar-refractivity contribution is -0.144. The first-order valence-electron chi connectivity index (χ1n) is 14.9. The highest BCUT2D eigenvalue weighted by Crippen LogP contribution is 2.39. The number of rotatable bonds is 6. The van der Waals surface area contributed by atoms with Crippen molar-refractivity contribution in [1.82, 2.24) is 14.7 Å². The number of piperazine rings is 1. The summed E-state index contributed by atoms with van der Waals surface area (Å²) in [6, 6.07) is 3.58. The number of aryl methyl sites for hydroxylation is 1. The van der Waals surface area contributed by atoms with Crippen LogP contribution in [0, 0.1) is 18.7 Å². The van der Waals surface area contributed by atoms with Gasteiger partial charge in [0.25, 0.3) is 0 Å². The van der Waals surface area contributed by atoms with E-state index in [1.807, 2.05) is 0 Å². The van der Waals surface area contributed by atoms with E-state index in [1.165, 1.54) is 33.2 Å². The van der Waals surface area contributed by atoms with Gasteiger partial charge in [0.15, 0.2) is 0 Å². The van der Waals surface area contributed by atoms with Crippen LogP contribution >= 0.6 is 0 Å². The molecule has 0 radical (unpaired) electrons. The summed E-state index contributed by atoms with van der Waals surface area (Å²) in [5.41, 5.74) is -1.88. The van der Waals surface area contributed by atoms with Crippen LogP contribution < -0.4 is 0 Å². The van der Waals surface area contributed by atoms with E-state index < -0.39 is 47.4 Å². The third-order valence-electron chi connectivity index (χ3n) is 9.24. The third-order valence-corrected chi connectivity index (χ3v) is 9.24. The molecule has 1 saturated heterocycles. The van der Waals surface area contributed by atoms with E-state index in [9.17, 15) is 40.3 Å². The number of esters is 1. The second-order valence-corrected chi connectivity index (χ2v) is 12.1. The van der Waals surface area contributed by atoms with Gasteiger partial charge in [-0.05, 0) is 92.5 Å². The summed E-state index contributed by atoms with van der Waals surface area (Å²) in [6.07, 6.45) is -6.29. The molecular weight excluding hydrogens is 607 g/mol. The zero-order valence-electron chi connectivity index (χ0n) is 25.6. The highest BCUT2D eigenvalue weighted by molar-refractivity contribution is 5.75. The molecule has 2 amide bonds. The summed E-state index contributed by atoms with van der Waals surface area (Å²) < 4.78 is 100. The quantitative estimate of drug-likeness (QED) is 0.238. The van der Waals surface area contributed by atoms with Gasteiger partial charge in [-0.2, -0.15) is 26.3 Å². The smallest absolute Gasteiger partial charge is 0.416 e. The molecule has 2 aromatic carbocycles. The van der Waals surface area contributed by atoms with Crippen LogP contribution in [0.4, 0.5) is 35.5 Å². The topological polar surface area (TPSA) is 53.1 Å². The number of carbonyl (C=O) groups excluding carboxylic acids is 2. The second kappa shape index (κ2) is 13.6. The van der Waals surface area contributed by atoms with E-state index >= 15 is 0 Å². The molecule has 2 fully saturated rings. The molecule has 0 spiro atoms. The number of carbonyl (C=O) groups is 2. The average molecular weight is 646 g/mol. The molecule has 45 heavy (non-hydrogen) atoms. The van der Waals surface area contributed by atoms with Crippen LogP contribution in [0.1, 0.15) is 78.9 Å². The molecular formula is C32H38F7N3O3. The average Bonchev–Trinajstić information content (AvgIpc) is 2.99. The number of ether oxygens (including phenoxy) is 1. The van der Waals surface area contributed by atoms with Crippen LogP contribution in [-0.2, 0) is 21.9 Å². The lowest BCUT2D eigenvalue weighted by Gasteiger charge is -2.47. The third kappa shape index (κ3) is 8.09. The van der Waals surface area contributed by atoms with Gasteiger partial charge in [0.05, 0.1) is 30.3 Å². The van der Waals surface area contributed by atoms with Crippen molar-refractivity contribution in [3.05, 3.63) is 70.0 Å². The van der Waals surface area contributed by atoms with Gasteiger partial charge in [-0.3, -0.25) is 9.69 Å². The van der Waals surface area contributed by atoms with Crippen molar-refractivity contribution in [3.8, 4) is 0 Å². The maximum atomic E-state index is 14.1. The molecule has 1 unspecified atom stereocenters. The Kier molecular flexibility index (Phi) is 10.4. The van der Waals surface area contributed by atoms with Gasteiger partial charge in [-0.15, -0.1) is 0 Å². The fourth-order valence-electron chi connectivity index (χ4n) is 6.49. The van der Waals surface area contributed by atoms with Gasteiger partial charge in [0.1, 0.15) is 5.82 Å². The largest absolute Gasteiger partial charge is 0.469 e. The predicted molar refractivity (Wildman–Crippen MR) is 153 cm³/mol. The molecule has 6 nitrogen and oxygen atoms in total. The van der Waals surface area contributed by atoms with Gasteiger partial charge in [0, 0.05) is 39.1 Å². The molecule has 0 bridgehead atoms. The number of hydrogen-bond donors (Lipinski definition) is 0. The Hall–Kier alpha value is -3.35. The van der Waals surface area contributed by atoms with Crippen molar-refractivity contribution in [3.63, 3.8) is 0 Å². The number of alkyl halides is 6. The molecule has 2 aromatic rings. The molecule has 4 rings (SSSR count). The summed E-state index contributed by atoms with van der Waals surface area (Å²) in [7, 11) is 2.72. The molecule has 0 aromatic heterocycles. The van der Waals surface area contributed by atoms with Crippen LogP contribution in [-0.4, -0.2) is 66.5 Å². The van der Waals surface area contributed by atoms with Crippen molar-refractivity contribution < 1.29 is 45.1 Å². The second-order valence-electron chi connectivity index (χ2n) is 12.1. The standard InChI is InChI=1S/C32H38F7N3O3/c1-19-13-25(33)7-10-27(19)28-18-41(26-8-5-21(6-9-26)14-29(43)45-4)11-12-42(28)30(44)40(3)20(2)22-15-23(31(34,35)36)17-24(16-22)32(37,38)39/h7,10,13,15-17,20-21,26,28H,5-6,8-9,11-12,14,18H2,1-4H3/t20?,21?,26?,28-/m1/s1. The molecule has 13 heteroatoms. The maximum Gasteiger partial charge on any atom is 0.416 e. The number of benzene rings is 2. The van der Waals surface area contributed by atoms with Crippen LogP contribution in [0.2, 0.25) is 0 Å². The van der Waals surface area contributed by atoms with Gasteiger partial charge < -0.3 is 14.5 Å². The van der Waals surface area contributed by atoms with Crippen LogP contribution in [0.15, 0.2) is 36.4 Å². The predicted octanol–water partition coefficient (Wildman–Crippen LogP) is 7.77. The number of urea groups is 1. The first kappa shape index (κ1) is 34.5. The Bertz CT molecular complexity index is 1340. The number of nitrogens with zero attached hydrogens (tertiary/aromatic N) is 3. The molecule has 2 aliphatic rings. The first-order chi connectivity index (χ1) is 21.0. The SMILES string of the molecule is COC(=O)CC1CCC(N2CCN(C(=O)N(C)C(C)c3cc(C(F)(F)F)cc(C(F)(F)F)c3)[C@@H](c3ccc(F)cc3C)C2)CC1. The van der Waals surface area contributed by atoms with E-state index in [0.29, 0.717) is 42.8 Å². The van der Waals surface area contributed by atoms with Crippen molar-refractivity contribution >= 4 is 12.0 Å². The highest BCUT2D eigenvalue weighted by atomic mass is 19.4. The molecule has 1 saturated carbocycles. The zero-order valence-corrected chi connectivity index (χ0v) is 25.6. The van der Waals surface area contributed by atoms with Gasteiger partial charge in [-0.25, -0.2) is 9.18 Å². The van der Waals surface area contributed by atoms with Gasteiger partial charge in [0.2, 0.25) is 0 Å². The van der Waals surface area contributed by atoms with Gasteiger partial charge in [-0.1, -0.05) is 6.07 Å². The minimum atomic E-state index is -5.02. The van der Waals surface area contributed by atoms with Crippen molar-refractivity contribution in [2.45, 2.75) is 76.4 Å². The Morgan fingerprint density at radius 1 is 0.956 bits per heavy atom. The Morgan fingerprint density at radius 2 is 1.56 bits per heavy atom. The summed E-state index contributed by atoms with van der Waals surface area (Å²) >= 11 is 0. The molecule has 0 N–H and O–H groups in total. The molecule has 1 aliphatic heterocycles. The molecule has 1 heterocycles. The Balaban J connectivity index is 1.58. The van der Waals surface area contributed by atoms with E-state index in [2.05, 4.69) is 4.90 Å². The lowest BCUT2D eigenvalue weighted by Crippen LogP contribution is -2.56. The Labute approximate surface area is 258 Å². The fourth-order valence-corrected chi connectivity index (χ4v) is 6.49. The minimum absolute atomic E-state index is 0.0630. The minimum Gasteiger partial charge on any atom is -0.469 e. The van der Waals surface area contributed by atoms with E-state index in [4.69, 9.17) is 4.74 Å². The van der Waals surface area contributed by atoms with Crippen molar-refractivity contribution in [2.75, 3.05) is 33.8 Å². The Morgan fingerprint density at radius 3 is 2.09 bits per heavy atom. The molecule has 248 valence electrons. The van der Waals surface area contributed by atoms with Gasteiger partial charge >= 0.3 is 24.4 Å². The summed E-state index contributed by atoms with van der Waals surface area (Å²) in [4.78, 5) is 30.7. The summed E-state index contributed by atoms with van der Waals surface area (Å²) in [6.45, 7) is 4.27. The number of methoxy groups -OCH3 is 1. The summed E-state index contributed by atoms with van der Waals surface area (Å²) in [5.74, 6) is -0.451. The monoisotopic (exact) mass is 645 g/mol. The first-order valence-corrected chi connectivity index (χ1v) is 14.9. The van der Waals surface area contributed by atoms with Crippen LogP contribution in [0.25, 0.3) is 0 Å². The molecule has 1 aliphatic carbocycles. The van der Waals surface area contributed by atoms with Crippen LogP contribution in [0.5, 0.6) is 0 Å². The van der Waals surface area contributed by atoms with E-state index in [0.717, 1.165) is 30.6 Å². The fraction of sp³-hybridized carbons (Fsp3) is 0.562. The molecule has 2 atom stereocenters. The maximum absolute atomic E-state index is 14.1.